The highest BCUT2D eigenvalue weighted by atomic mass is 14.4. The van der Waals surface area contributed by atoms with Crippen LogP contribution in [-0.2, 0) is 0 Å². The molecule has 1 aromatic carbocycles. The Morgan fingerprint density at radius 3 is 2.00 bits per heavy atom. The van der Waals surface area contributed by atoms with Gasteiger partial charge in [0.1, 0.15) is 0 Å². The highest BCUT2D eigenvalue weighted by Crippen LogP contribution is 2.56. The van der Waals surface area contributed by atoms with E-state index in [-0.39, 0.29) is 5.41 Å². The first kappa shape index (κ1) is 14.4. The lowest BCUT2D eigenvalue weighted by molar-refractivity contribution is 0.547. The molecule has 0 nitrogen and oxygen atoms in total. The molecule has 0 aromatic heterocycles. The van der Waals surface area contributed by atoms with Gasteiger partial charge < -0.3 is 0 Å². The number of rotatable bonds is 1. The first-order valence-corrected chi connectivity index (χ1v) is 7.98. The fraction of sp³-hybridized carbons (Fsp3) is 0.429. The average Bonchev–Trinajstić information content (AvgIpc) is 2.78. The van der Waals surface area contributed by atoms with E-state index in [2.05, 4.69) is 72.7 Å². The van der Waals surface area contributed by atoms with E-state index >= 15 is 0 Å². The van der Waals surface area contributed by atoms with Gasteiger partial charge >= 0.3 is 0 Å². The molecule has 2 aliphatic carbocycles. The minimum atomic E-state index is 0.154. The van der Waals surface area contributed by atoms with Gasteiger partial charge in [0.25, 0.3) is 0 Å². The molecule has 21 heavy (non-hydrogen) atoms. The molecule has 0 saturated heterocycles. The summed E-state index contributed by atoms with van der Waals surface area (Å²) in [4.78, 5) is 0. The van der Waals surface area contributed by atoms with Gasteiger partial charge in [-0.3, -0.25) is 0 Å². The topological polar surface area (TPSA) is 0 Å². The molecule has 0 saturated carbocycles. The van der Waals surface area contributed by atoms with Crippen LogP contribution >= 0.6 is 0 Å². The van der Waals surface area contributed by atoms with Crippen molar-refractivity contribution in [2.24, 2.45) is 5.41 Å². The van der Waals surface area contributed by atoms with Crippen LogP contribution in [-0.4, -0.2) is 0 Å². The van der Waals surface area contributed by atoms with Crippen molar-refractivity contribution >= 4 is 5.57 Å². The number of hydrogen-bond donors (Lipinski definition) is 0. The summed E-state index contributed by atoms with van der Waals surface area (Å²) in [5.74, 6) is 0.504. The van der Waals surface area contributed by atoms with E-state index in [1.807, 2.05) is 0 Å². The Bertz CT molecular complexity index is 720. The van der Waals surface area contributed by atoms with Crippen LogP contribution in [0.15, 0.2) is 52.1 Å². The normalized spacial score (nSPS) is 24.2. The lowest BCUT2D eigenvalue weighted by atomic mass is 9.74. The second-order valence-corrected chi connectivity index (χ2v) is 7.22. The molecule has 110 valence electrons. The summed E-state index contributed by atoms with van der Waals surface area (Å²) in [5, 5.41) is 0. The molecule has 0 bridgehead atoms. The van der Waals surface area contributed by atoms with Crippen molar-refractivity contribution in [1.29, 1.82) is 0 Å². The molecule has 2 aliphatic rings. The van der Waals surface area contributed by atoms with Crippen molar-refractivity contribution in [3.63, 3.8) is 0 Å². The van der Waals surface area contributed by atoms with Crippen LogP contribution in [0.2, 0.25) is 0 Å². The van der Waals surface area contributed by atoms with Crippen molar-refractivity contribution in [2.75, 3.05) is 0 Å². The number of hydrogen-bond acceptors (Lipinski definition) is 0. The van der Waals surface area contributed by atoms with E-state index < -0.39 is 0 Å². The Hall–Kier alpha value is -1.56. The maximum atomic E-state index is 2.38. The third-order valence-electron chi connectivity index (χ3n) is 6.00. The molecule has 1 atom stereocenters. The van der Waals surface area contributed by atoms with Gasteiger partial charge in [-0.1, -0.05) is 50.6 Å². The summed E-state index contributed by atoms with van der Waals surface area (Å²) in [6.07, 6.45) is 0. The molecular formula is C21H26. The number of benzene rings is 1. The van der Waals surface area contributed by atoms with Crippen molar-refractivity contribution in [3.8, 4) is 0 Å². The van der Waals surface area contributed by atoms with Crippen LogP contribution in [0.5, 0.6) is 0 Å². The monoisotopic (exact) mass is 278 g/mol. The minimum absolute atomic E-state index is 0.154. The van der Waals surface area contributed by atoms with Crippen LogP contribution in [0, 0.1) is 5.41 Å². The van der Waals surface area contributed by atoms with E-state index in [0.29, 0.717) is 5.92 Å². The van der Waals surface area contributed by atoms with E-state index in [1.54, 1.807) is 11.1 Å². The number of allylic oxidation sites excluding steroid dienone is 6. The smallest absolute Gasteiger partial charge is 0.0114 e. The molecule has 0 radical (unpaired) electrons. The van der Waals surface area contributed by atoms with Gasteiger partial charge in [-0.15, -0.1) is 0 Å². The van der Waals surface area contributed by atoms with Crippen LogP contribution in [0.3, 0.4) is 0 Å². The lowest BCUT2D eigenvalue weighted by Gasteiger charge is -2.29. The number of fused-ring (bicyclic) bond motifs is 1. The molecule has 0 amide bonds. The maximum absolute atomic E-state index is 2.38. The molecule has 0 heteroatoms. The molecule has 0 heterocycles. The average molecular weight is 278 g/mol. The van der Waals surface area contributed by atoms with Crippen molar-refractivity contribution in [3.05, 3.63) is 63.3 Å². The van der Waals surface area contributed by atoms with Gasteiger partial charge in [-0.25, -0.2) is 0 Å². The third kappa shape index (κ3) is 1.75. The SMILES string of the molecule is CC1=C(C)C(C)(C)C(C2=C(C)c3ccccc3C2C)=C1C. The summed E-state index contributed by atoms with van der Waals surface area (Å²) in [7, 11) is 0. The Balaban J connectivity index is 2.23. The zero-order valence-electron chi connectivity index (χ0n) is 14.4. The molecule has 3 rings (SSSR count). The molecule has 0 spiro atoms. The summed E-state index contributed by atoms with van der Waals surface area (Å²) >= 11 is 0. The Morgan fingerprint density at radius 2 is 1.48 bits per heavy atom. The summed E-state index contributed by atoms with van der Waals surface area (Å²) in [6, 6.07) is 8.90. The van der Waals surface area contributed by atoms with Crippen LogP contribution in [0.1, 0.15) is 65.5 Å². The minimum Gasteiger partial charge on any atom is -0.0619 e. The summed E-state index contributed by atoms with van der Waals surface area (Å²) < 4.78 is 0. The Labute approximate surface area is 129 Å². The molecule has 0 N–H and O–H groups in total. The summed E-state index contributed by atoms with van der Waals surface area (Å²) in [5.41, 5.74) is 12.2. The van der Waals surface area contributed by atoms with Crippen molar-refractivity contribution in [1.82, 2.24) is 0 Å². The summed E-state index contributed by atoms with van der Waals surface area (Å²) in [6.45, 7) is 16.3. The first-order chi connectivity index (χ1) is 9.78. The van der Waals surface area contributed by atoms with Crippen LogP contribution in [0.25, 0.3) is 5.57 Å². The standard InChI is InChI=1S/C21H26/c1-12-13(2)20(21(6,7)16(12)5)19-14(3)17-10-8-9-11-18(17)15(19)4/h8-11,14H,1-7H3. The lowest BCUT2D eigenvalue weighted by Crippen LogP contribution is -2.17. The van der Waals surface area contributed by atoms with Gasteiger partial charge in [0.05, 0.1) is 0 Å². The predicted molar refractivity (Wildman–Crippen MR) is 92.3 cm³/mol. The zero-order valence-corrected chi connectivity index (χ0v) is 14.4. The van der Waals surface area contributed by atoms with Crippen molar-refractivity contribution < 1.29 is 0 Å². The predicted octanol–water partition coefficient (Wildman–Crippen LogP) is 6.27. The van der Waals surface area contributed by atoms with Crippen LogP contribution < -0.4 is 0 Å². The second-order valence-electron chi connectivity index (χ2n) is 7.22. The van der Waals surface area contributed by atoms with Crippen molar-refractivity contribution in [2.45, 2.75) is 54.4 Å². The van der Waals surface area contributed by atoms with Crippen LogP contribution in [0.4, 0.5) is 0 Å². The Kier molecular flexibility index (Phi) is 3.06. The Morgan fingerprint density at radius 1 is 0.857 bits per heavy atom. The molecule has 0 aliphatic heterocycles. The second kappa shape index (κ2) is 4.47. The van der Waals surface area contributed by atoms with E-state index in [1.165, 1.54) is 33.4 Å². The molecular weight excluding hydrogens is 252 g/mol. The molecule has 0 fully saturated rings. The van der Waals surface area contributed by atoms with Gasteiger partial charge in [0.15, 0.2) is 0 Å². The van der Waals surface area contributed by atoms with Gasteiger partial charge in [-0.05, 0) is 66.7 Å². The van der Waals surface area contributed by atoms with E-state index in [9.17, 15) is 0 Å². The van der Waals surface area contributed by atoms with E-state index in [4.69, 9.17) is 0 Å². The van der Waals surface area contributed by atoms with Gasteiger partial charge in [-0.2, -0.15) is 0 Å². The van der Waals surface area contributed by atoms with Gasteiger partial charge in [0.2, 0.25) is 0 Å². The fourth-order valence-electron chi connectivity index (χ4n) is 4.38. The molecule has 1 aromatic rings. The highest BCUT2D eigenvalue weighted by Gasteiger charge is 2.40. The first-order valence-electron chi connectivity index (χ1n) is 7.98. The zero-order chi connectivity index (χ0) is 15.5. The largest absolute Gasteiger partial charge is 0.0619 e. The van der Waals surface area contributed by atoms with Gasteiger partial charge in [0, 0.05) is 11.3 Å². The highest BCUT2D eigenvalue weighted by molar-refractivity contribution is 5.82. The third-order valence-corrected chi connectivity index (χ3v) is 6.00. The quantitative estimate of drug-likeness (QED) is 0.568. The van der Waals surface area contributed by atoms with E-state index in [0.717, 1.165) is 0 Å². The maximum Gasteiger partial charge on any atom is 0.0114 e. The molecule has 1 unspecified atom stereocenters. The fourth-order valence-corrected chi connectivity index (χ4v) is 4.38.